The summed E-state index contributed by atoms with van der Waals surface area (Å²) in [6.07, 6.45) is 6.54. The van der Waals surface area contributed by atoms with Gasteiger partial charge < -0.3 is 14.4 Å². The molecule has 2 aromatic rings. The Morgan fingerprint density at radius 1 is 1.03 bits per heavy atom. The fraction of sp³-hybridized carbons (Fsp3) is 0.542. The number of pyridine rings is 1. The lowest BCUT2D eigenvalue weighted by atomic mass is 9.92. The molecule has 160 valence electrons. The smallest absolute Gasteiger partial charge is 0.255 e. The number of carbonyl (C=O) groups is 2. The molecule has 0 bridgehead atoms. The Bertz CT molecular complexity index is 891. The summed E-state index contributed by atoms with van der Waals surface area (Å²) >= 11 is 0. The van der Waals surface area contributed by atoms with Crippen molar-refractivity contribution in [2.75, 3.05) is 26.2 Å². The third-order valence-electron chi connectivity index (χ3n) is 6.67. The second kappa shape index (κ2) is 9.02. The molecule has 0 atom stereocenters. The molecule has 0 N–H and O–H groups in total. The Labute approximate surface area is 178 Å². The van der Waals surface area contributed by atoms with Crippen molar-refractivity contribution in [3.63, 3.8) is 0 Å². The van der Waals surface area contributed by atoms with Crippen LogP contribution in [0.5, 0.6) is 0 Å². The molecule has 4 rings (SSSR count). The van der Waals surface area contributed by atoms with Crippen LogP contribution in [0.1, 0.15) is 59.5 Å². The standard InChI is InChI=1S/C24H32N4O2/c1-18-15-22(19(2)28(18)17-21-7-3-4-10-25-21)24(30)27-13-8-20(9-14-27)16-23(29)26-11-5-6-12-26/h3-4,7,10,15,20H,5-6,8-9,11-14,16-17H2,1-2H3. The van der Waals surface area contributed by atoms with Gasteiger partial charge in [0.2, 0.25) is 5.91 Å². The summed E-state index contributed by atoms with van der Waals surface area (Å²) in [5.41, 5.74) is 3.85. The highest BCUT2D eigenvalue weighted by Gasteiger charge is 2.28. The van der Waals surface area contributed by atoms with E-state index >= 15 is 0 Å². The second-order valence-electron chi connectivity index (χ2n) is 8.72. The third kappa shape index (κ3) is 4.42. The quantitative estimate of drug-likeness (QED) is 0.762. The summed E-state index contributed by atoms with van der Waals surface area (Å²) in [6, 6.07) is 7.91. The van der Waals surface area contributed by atoms with E-state index in [0.717, 1.165) is 74.5 Å². The summed E-state index contributed by atoms with van der Waals surface area (Å²) in [4.78, 5) is 34.0. The van der Waals surface area contributed by atoms with Crippen molar-refractivity contribution >= 4 is 11.8 Å². The van der Waals surface area contributed by atoms with Crippen molar-refractivity contribution < 1.29 is 9.59 Å². The number of hydrogen-bond acceptors (Lipinski definition) is 3. The van der Waals surface area contributed by atoms with Crippen molar-refractivity contribution in [3.05, 3.63) is 53.1 Å². The number of piperidine rings is 1. The van der Waals surface area contributed by atoms with Crippen molar-refractivity contribution in [1.82, 2.24) is 19.4 Å². The lowest BCUT2D eigenvalue weighted by Gasteiger charge is -2.32. The minimum absolute atomic E-state index is 0.111. The lowest BCUT2D eigenvalue weighted by Crippen LogP contribution is -2.40. The zero-order chi connectivity index (χ0) is 21.1. The first kappa shape index (κ1) is 20.6. The molecule has 2 aliphatic rings. The molecule has 0 radical (unpaired) electrons. The van der Waals surface area contributed by atoms with Gasteiger partial charge in [-0.2, -0.15) is 0 Å². The van der Waals surface area contributed by atoms with Gasteiger partial charge in [-0.15, -0.1) is 0 Å². The zero-order valence-electron chi connectivity index (χ0n) is 18.1. The van der Waals surface area contributed by atoms with E-state index in [1.54, 1.807) is 6.20 Å². The van der Waals surface area contributed by atoms with Crippen LogP contribution >= 0.6 is 0 Å². The largest absolute Gasteiger partial charge is 0.343 e. The van der Waals surface area contributed by atoms with Crippen LogP contribution in [0, 0.1) is 19.8 Å². The molecule has 6 nitrogen and oxygen atoms in total. The number of likely N-dealkylation sites (tertiary alicyclic amines) is 2. The number of aromatic nitrogens is 2. The molecule has 6 heteroatoms. The SMILES string of the molecule is Cc1cc(C(=O)N2CCC(CC(=O)N3CCCC3)CC2)c(C)n1Cc1ccccn1. The molecule has 2 fully saturated rings. The number of hydrogen-bond donors (Lipinski definition) is 0. The molecule has 4 heterocycles. The van der Waals surface area contributed by atoms with E-state index in [4.69, 9.17) is 0 Å². The zero-order valence-corrected chi connectivity index (χ0v) is 18.1. The van der Waals surface area contributed by atoms with Gasteiger partial charge in [-0.25, -0.2) is 0 Å². The highest BCUT2D eigenvalue weighted by molar-refractivity contribution is 5.95. The van der Waals surface area contributed by atoms with E-state index in [1.807, 2.05) is 47.9 Å². The number of aryl methyl sites for hydroxylation is 1. The third-order valence-corrected chi connectivity index (χ3v) is 6.67. The van der Waals surface area contributed by atoms with E-state index < -0.39 is 0 Å². The number of rotatable bonds is 5. The molecule has 2 aliphatic heterocycles. The number of nitrogens with zero attached hydrogens (tertiary/aromatic N) is 4. The van der Waals surface area contributed by atoms with E-state index in [2.05, 4.69) is 9.55 Å². The first-order valence-corrected chi connectivity index (χ1v) is 11.2. The van der Waals surface area contributed by atoms with Crippen LogP contribution in [0.25, 0.3) is 0 Å². The average Bonchev–Trinajstić information content (AvgIpc) is 3.39. The molecular formula is C24H32N4O2. The van der Waals surface area contributed by atoms with Gasteiger partial charge in [-0.3, -0.25) is 14.6 Å². The van der Waals surface area contributed by atoms with E-state index in [0.29, 0.717) is 24.8 Å². The predicted molar refractivity (Wildman–Crippen MR) is 116 cm³/mol. The molecule has 0 spiro atoms. The first-order valence-electron chi connectivity index (χ1n) is 11.2. The Kier molecular flexibility index (Phi) is 6.21. The summed E-state index contributed by atoms with van der Waals surface area (Å²) in [6.45, 7) is 8.05. The molecule has 2 aromatic heterocycles. The summed E-state index contributed by atoms with van der Waals surface area (Å²) in [5, 5.41) is 0. The molecule has 0 unspecified atom stereocenters. The van der Waals surface area contributed by atoms with Gasteiger partial charge >= 0.3 is 0 Å². The van der Waals surface area contributed by atoms with Crippen molar-refractivity contribution in [3.8, 4) is 0 Å². The van der Waals surface area contributed by atoms with Crippen LogP contribution in [0.15, 0.2) is 30.5 Å². The van der Waals surface area contributed by atoms with Gasteiger partial charge in [0.15, 0.2) is 0 Å². The Morgan fingerprint density at radius 2 is 1.77 bits per heavy atom. The first-order chi connectivity index (χ1) is 14.5. The highest BCUT2D eigenvalue weighted by atomic mass is 16.2. The number of amides is 2. The minimum atomic E-state index is 0.111. The molecule has 2 saturated heterocycles. The Balaban J connectivity index is 1.36. The van der Waals surface area contributed by atoms with Gasteiger partial charge in [0.05, 0.1) is 17.8 Å². The molecule has 0 aliphatic carbocycles. The van der Waals surface area contributed by atoms with Crippen LogP contribution in [-0.4, -0.2) is 57.3 Å². The van der Waals surface area contributed by atoms with Crippen molar-refractivity contribution in [1.29, 1.82) is 0 Å². The maximum Gasteiger partial charge on any atom is 0.255 e. The highest BCUT2D eigenvalue weighted by Crippen LogP contribution is 2.25. The summed E-state index contributed by atoms with van der Waals surface area (Å²) in [7, 11) is 0. The van der Waals surface area contributed by atoms with Gasteiger partial charge in [0.1, 0.15) is 0 Å². The topological polar surface area (TPSA) is 58.4 Å². The van der Waals surface area contributed by atoms with E-state index in [-0.39, 0.29) is 5.91 Å². The summed E-state index contributed by atoms with van der Waals surface area (Å²) < 4.78 is 2.16. The van der Waals surface area contributed by atoms with Gasteiger partial charge in [-0.1, -0.05) is 6.07 Å². The molecular weight excluding hydrogens is 376 g/mol. The molecule has 30 heavy (non-hydrogen) atoms. The fourth-order valence-electron chi connectivity index (χ4n) is 4.77. The van der Waals surface area contributed by atoms with Crippen LogP contribution in [-0.2, 0) is 11.3 Å². The Hall–Kier alpha value is -2.63. The average molecular weight is 409 g/mol. The maximum absolute atomic E-state index is 13.2. The van der Waals surface area contributed by atoms with E-state index in [9.17, 15) is 9.59 Å². The molecule has 2 amide bonds. The normalized spacial score (nSPS) is 17.5. The monoisotopic (exact) mass is 408 g/mol. The van der Waals surface area contributed by atoms with Crippen LogP contribution < -0.4 is 0 Å². The molecule has 0 saturated carbocycles. The van der Waals surface area contributed by atoms with Crippen molar-refractivity contribution in [2.24, 2.45) is 5.92 Å². The van der Waals surface area contributed by atoms with Gasteiger partial charge in [0.25, 0.3) is 5.91 Å². The Morgan fingerprint density at radius 3 is 2.43 bits per heavy atom. The maximum atomic E-state index is 13.2. The number of carbonyl (C=O) groups excluding carboxylic acids is 2. The summed E-state index contributed by atoms with van der Waals surface area (Å²) in [5.74, 6) is 0.814. The lowest BCUT2D eigenvalue weighted by molar-refractivity contribution is -0.131. The van der Waals surface area contributed by atoms with Crippen molar-refractivity contribution in [2.45, 2.75) is 52.5 Å². The van der Waals surface area contributed by atoms with Crippen LogP contribution in [0.4, 0.5) is 0 Å². The van der Waals surface area contributed by atoms with Crippen LogP contribution in [0.3, 0.4) is 0 Å². The van der Waals surface area contributed by atoms with E-state index in [1.165, 1.54) is 0 Å². The minimum Gasteiger partial charge on any atom is -0.343 e. The van der Waals surface area contributed by atoms with Gasteiger partial charge in [-0.05, 0) is 63.6 Å². The predicted octanol–water partition coefficient (Wildman–Crippen LogP) is 3.41. The fourth-order valence-corrected chi connectivity index (χ4v) is 4.77. The van der Waals surface area contributed by atoms with Gasteiger partial charge in [0, 0.05) is 50.2 Å². The molecule has 0 aromatic carbocycles. The van der Waals surface area contributed by atoms with Crippen LogP contribution in [0.2, 0.25) is 0 Å². The second-order valence-corrected chi connectivity index (χ2v) is 8.72.